The summed E-state index contributed by atoms with van der Waals surface area (Å²) >= 11 is 5.88. The number of carboxylic acid groups (broad SMARTS) is 1. The van der Waals surface area contributed by atoms with Crippen molar-refractivity contribution in [2.75, 3.05) is 5.32 Å². The first kappa shape index (κ1) is 13.8. The molecule has 3 rings (SSSR count). The highest BCUT2D eigenvalue weighted by molar-refractivity contribution is 6.33. The van der Waals surface area contributed by atoms with Crippen LogP contribution in [0.5, 0.6) is 0 Å². The molecule has 1 aliphatic carbocycles. The number of aromatic nitrogens is 2. The Morgan fingerprint density at radius 3 is 2.86 bits per heavy atom. The Hall–Kier alpha value is -2.14. The Morgan fingerprint density at radius 1 is 1.24 bits per heavy atom. The summed E-state index contributed by atoms with van der Waals surface area (Å²) < 4.78 is 0. The van der Waals surface area contributed by atoms with E-state index in [4.69, 9.17) is 16.7 Å². The predicted octanol–water partition coefficient (Wildman–Crippen LogP) is 3.45. The first-order chi connectivity index (χ1) is 10.1. The van der Waals surface area contributed by atoms with Crippen molar-refractivity contribution >= 4 is 29.1 Å². The Labute approximate surface area is 127 Å². The maximum absolute atomic E-state index is 11.1. The topological polar surface area (TPSA) is 75.1 Å². The normalized spacial score (nSPS) is 13.6. The van der Waals surface area contributed by atoms with Crippen molar-refractivity contribution in [3.8, 4) is 0 Å². The van der Waals surface area contributed by atoms with E-state index in [1.807, 2.05) is 0 Å². The molecule has 0 radical (unpaired) electrons. The van der Waals surface area contributed by atoms with Crippen molar-refractivity contribution in [1.82, 2.24) is 9.97 Å². The largest absolute Gasteiger partial charge is 0.478 e. The van der Waals surface area contributed by atoms with Gasteiger partial charge in [0.1, 0.15) is 12.1 Å². The predicted molar refractivity (Wildman–Crippen MR) is 80.4 cm³/mol. The third kappa shape index (κ3) is 2.83. The number of aryl methyl sites for hydroxylation is 1. The lowest BCUT2D eigenvalue weighted by Crippen LogP contribution is -2.10. The van der Waals surface area contributed by atoms with Crippen LogP contribution in [0.25, 0.3) is 0 Å². The van der Waals surface area contributed by atoms with Gasteiger partial charge in [0, 0.05) is 16.9 Å². The van der Waals surface area contributed by atoms with Crippen LogP contribution in [-0.4, -0.2) is 21.0 Å². The Kier molecular flexibility index (Phi) is 3.75. The Bertz CT molecular complexity index is 703. The van der Waals surface area contributed by atoms with Gasteiger partial charge in [0.2, 0.25) is 0 Å². The van der Waals surface area contributed by atoms with Crippen LogP contribution in [0.4, 0.5) is 11.5 Å². The standard InChI is InChI=1S/C15H14ClN3O2/c16-12-6-5-9(7-11(12)15(20)21)19-14-10-3-1-2-4-13(10)17-8-18-14/h5-8H,1-4H2,(H,20,21)(H,17,18,19). The Balaban J connectivity index is 1.94. The molecule has 0 saturated carbocycles. The van der Waals surface area contributed by atoms with Crippen molar-refractivity contribution in [1.29, 1.82) is 0 Å². The van der Waals surface area contributed by atoms with Gasteiger partial charge in [-0.25, -0.2) is 14.8 Å². The molecule has 0 fully saturated rings. The van der Waals surface area contributed by atoms with Gasteiger partial charge in [-0.1, -0.05) is 11.6 Å². The molecule has 2 aromatic rings. The number of carboxylic acids is 1. The third-order valence-electron chi connectivity index (χ3n) is 3.58. The van der Waals surface area contributed by atoms with Crippen LogP contribution in [-0.2, 0) is 12.8 Å². The molecule has 0 amide bonds. The lowest BCUT2D eigenvalue weighted by Gasteiger charge is -2.18. The number of hydrogen-bond donors (Lipinski definition) is 2. The number of halogens is 1. The van der Waals surface area contributed by atoms with Gasteiger partial charge in [0.25, 0.3) is 0 Å². The average Bonchev–Trinajstić information content (AvgIpc) is 2.49. The molecule has 5 nitrogen and oxygen atoms in total. The highest BCUT2D eigenvalue weighted by Crippen LogP contribution is 2.28. The molecule has 1 aliphatic rings. The minimum atomic E-state index is -1.05. The molecule has 0 saturated heterocycles. The monoisotopic (exact) mass is 303 g/mol. The second-order valence-corrected chi connectivity index (χ2v) is 5.39. The summed E-state index contributed by atoms with van der Waals surface area (Å²) in [6.45, 7) is 0. The zero-order valence-corrected chi connectivity index (χ0v) is 12.0. The van der Waals surface area contributed by atoms with Crippen LogP contribution in [0.15, 0.2) is 24.5 Å². The third-order valence-corrected chi connectivity index (χ3v) is 3.91. The first-order valence-electron chi connectivity index (χ1n) is 6.78. The van der Waals surface area contributed by atoms with Crippen LogP contribution in [0.2, 0.25) is 5.02 Å². The summed E-state index contributed by atoms with van der Waals surface area (Å²) in [6.07, 6.45) is 5.72. The maximum Gasteiger partial charge on any atom is 0.337 e. The number of nitrogens with zero attached hydrogens (tertiary/aromatic N) is 2. The van der Waals surface area contributed by atoms with Gasteiger partial charge < -0.3 is 10.4 Å². The molecule has 0 aliphatic heterocycles. The van der Waals surface area contributed by atoms with Crippen molar-refractivity contribution in [2.24, 2.45) is 0 Å². The quantitative estimate of drug-likeness (QED) is 0.908. The smallest absolute Gasteiger partial charge is 0.337 e. The summed E-state index contributed by atoms with van der Waals surface area (Å²) in [7, 11) is 0. The molecule has 108 valence electrons. The van der Waals surface area contributed by atoms with E-state index in [1.54, 1.807) is 18.5 Å². The molecule has 1 heterocycles. The number of benzene rings is 1. The summed E-state index contributed by atoms with van der Waals surface area (Å²) in [5, 5.41) is 12.5. The van der Waals surface area contributed by atoms with Crippen molar-refractivity contribution < 1.29 is 9.90 Å². The van der Waals surface area contributed by atoms with Gasteiger partial charge in [-0.05, 0) is 43.9 Å². The molecule has 0 spiro atoms. The van der Waals surface area contributed by atoms with Crippen LogP contribution in [0.1, 0.15) is 34.5 Å². The average molecular weight is 304 g/mol. The SMILES string of the molecule is O=C(O)c1cc(Nc2ncnc3c2CCCC3)ccc1Cl. The van der Waals surface area contributed by atoms with E-state index in [2.05, 4.69) is 15.3 Å². The first-order valence-corrected chi connectivity index (χ1v) is 7.15. The fraction of sp³-hybridized carbons (Fsp3) is 0.267. The fourth-order valence-corrected chi connectivity index (χ4v) is 2.73. The van der Waals surface area contributed by atoms with E-state index in [-0.39, 0.29) is 10.6 Å². The minimum Gasteiger partial charge on any atom is -0.478 e. The van der Waals surface area contributed by atoms with Crippen molar-refractivity contribution in [3.05, 3.63) is 46.4 Å². The number of rotatable bonds is 3. The molecule has 1 aromatic carbocycles. The molecule has 6 heteroatoms. The number of fused-ring (bicyclic) bond motifs is 1. The number of hydrogen-bond acceptors (Lipinski definition) is 4. The summed E-state index contributed by atoms with van der Waals surface area (Å²) in [6, 6.07) is 4.83. The number of anilines is 2. The van der Waals surface area contributed by atoms with Crippen LogP contribution < -0.4 is 5.32 Å². The molecule has 0 unspecified atom stereocenters. The summed E-state index contributed by atoms with van der Waals surface area (Å²) in [5.41, 5.74) is 2.93. The Morgan fingerprint density at radius 2 is 2.05 bits per heavy atom. The highest BCUT2D eigenvalue weighted by atomic mass is 35.5. The fourth-order valence-electron chi connectivity index (χ4n) is 2.53. The molecular weight excluding hydrogens is 290 g/mol. The summed E-state index contributed by atoms with van der Waals surface area (Å²) in [4.78, 5) is 19.7. The van der Waals surface area contributed by atoms with Crippen LogP contribution in [0, 0.1) is 0 Å². The van der Waals surface area contributed by atoms with Gasteiger partial charge in [0.05, 0.1) is 10.6 Å². The van der Waals surface area contributed by atoms with Gasteiger partial charge in [-0.2, -0.15) is 0 Å². The molecule has 0 atom stereocenters. The molecule has 0 bridgehead atoms. The second kappa shape index (κ2) is 5.69. The molecule has 21 heavy (non-hydrogen) atoms. The number of carbonyl (C=O) groups is 1. The zero-order valence-electron chi connectivity index (χ0n) is 11.3. The zero-order chi connectivity index (χ0) is 14.8. The number of nitrogens with one attached hydrogen (secondary N) is 1. The van der Waals surface area contributed by atoms with Gasteiger partial charge >= 0.3 is 5.97 Å². The van der Waals surface area contributed by atoms with E-state index in [0.29, 0.717) is 5.69 Å². The maximum atomic E-state index is 11.1. The molecule has 2 N–H and O–H groups in total. The van der Waals surface area contributed by atoms with E-state index < -0.39 is 5.97 Å². The second-order valence-electron chi connectivity index (χ2n) is 4.98. The van der Waals surface area contributed by atoms with E-state index >= 15 is 0 Å². The van der Waals surface area contributed by atoms with Crippen molar-refractivity contribution in [2.45, 2.75) is 25.7 Å². The van der Waals surface area contributed by atoms with E-state index in [1.165, 1.54) is 6.07 Å². The van der Waals surface area contributed by atoms with E-state index in [9.17, 15) is 4.79 Å². The molecular formula is C15H14ClN3O2. The van der Waals surface area contributed by atoms with Gasteiger partial charge in [0.15, 0.2) is 0 Å². The van der Waals surface area contributed by atoms with Crippen LogP contribution in [0.3, 0.4) is 0 Å². The van der Waals surface area contributed by atoms with Gasteiger partial charge in [-0.15, -0.1) is 0 Å². The highest BCUT2D eigenvalue weighted by Gasteiger charge is 2.16. The van der Waals surface area contributed by atoms with E-state index in [0.717, 1.165) is 42.8 Å². The summed E-state index contributed by atoms with van der Waals surface area (Å²) in [5.74, 6) is -0.299. The minimum absolute atomic E-state index is 0.0737. The number of aromatic carboxylic acids is 1. The lowest BCUT2D eigenvalue weighted by atomic mass is 9.96. The van der Waals surface area contributed by atoms with Crippen LogP contribution >= 0.6 is 11.6 Å². The van der Waals surface area contributed by atoms with Gasteiger partial charge in [-0.3, -0.25) is 0 Å². The molecule has 1 aromatic heterocycles. The van der Waals surface area contributed by atoms with Crippen molar-refractivity contribution in [3.63, 3.8) is 0 Å². The lowest BCUT2D eigenvalue weighted by molar-refractivity contribution is 0.0697.